The number of aliphatic hydroxyl groups excluding tert-OH is 1. The number of carbonyl (C=O) groups excluding carboxylic acids is 1. The first-order valence-corrected chi connectivity index (χ1v) is 8.91. The number of aliphatic hydroxyl groups is 1. The molecule has 1 atom stereocenters. The topological polar surface area (TPSA) is 102 Å². The van der Waals surface area contributed by atoms with Crippen LogP contribution in [0.1, 0.15) is 15.9 Å². The largest absolute Gasteiger partial charge is 0.394 e. The molecule has 1 amide bonds. The summed E-state index contributed by atoms with van der Waals surface area (Å²) in [5, 5.41) is 18.4. The number of rotatable bonds is 6. The number of nitrogens with one attached hydrogen (secondary N) is 1. The molecule has 1 aromatic carbocycles. The minimum absolute atomic E-state index is 0.0344. The van der Waals surface area contributed by atoms with E-state index in [-0.39, 0.29) is 24.0 Å². The number of nitrogens with zero attached hydrogens (tertiary/aromatic N) is 4. The summed E-state index contributed by atoms with van der Waals surface area (Å²) < 4.78 is 13.3. The van der Waals surface area contributed by atoms with Gasteiger partial charge in [0, 0.05) is 38.6 Å². The van der Waals surface area contributed by atoms with Gasteiger partial charge in [0.1, 0.15) is 5.82 Å². The van der Waals surface area contributed by atoms with E-state index in [1.807, 2.05) is 23.1 Å². The highest BCUT2D eigenvalue weighted by Gasteiger charge is 2.23. The quantitative estimate of drug-likeness (QED) is 0.501. The Morgan fingerprint density at radius 1 is 1.25 bits per heavy atom. The summed E-state index contributed by atoms with van der Waals surface area (Å²) in [6, 6.07) is 6.13. The molecule has 0 saturated carbocycles. The summed E-state index contributed by atoms with van der Waals surface area (Å²) in [6.07, 6.45) is 6.41. The van der Waals surface area contributed by atoms with Crippen LogP contribution < -0.4 is 10.4 Å². The number of hydrogen-bond donors (Lipinski definition) is 3. The van der Waals surface area contributed by atoms with Crippen LogP contribution in [0.25, 0.3) is 6.08 Å². The Morgan fingerprint density at radius 2 is 1.96 bits per heavy atom. The summed E-state index contributed by atoms with van der Waals surface area (Å²) in [5.41, 5.74) is 2.46. The molecule has 1 aliphatic rings. The van der Waals surface area contributed by atoms with E-state index in [0.29, 0.717) is 32.1 Å². The second-order valence-electron chi connectivity index (χ2n) is 6.40. The van der Waals surface area contributed by atoms with Crippen LogP contribution >= 0.6 is 0 Å². The summed E-state index contributed by atoms with van der Waals surface area (Å²) in [7, 11) is 0. The molecule has 2 heterocycles. The van der Waals surface area contributed by atoms with E-state index >= 15 is 0 Å². The zero-order valence-electron chi connectivity index (χ0n) is 15.2. The third-order valence-electron chi connectivity index (χ3n) is 4.61. The number of aromatic nitrogens is 2. The van der Waals surface area contributed by atoms with Crippen molar-refractivity contribution in [3.8, 4) is 0 Å². The van der Waals surface area contributed by atoms with Gasteiger partial charge in [-0.25, -0.2) is 19.8 Å². The normalized spacial score (nSPS) is 16.3. The lowest BCUT2D eigenvalue weighted by Gasteiger charge is -2.37. The molecule has 0 spiro atoms. The lowest BCUT2D eigenvalue weighted by atomic mass is 10.1. The molecule has 1 saturated heterocycles. The van der Waals surface area contributed by atoms with Crippen molar-refractivity contribution in [1.82, 2.24) is 20.3 Å². The minimum atomic E-state index is -0.660. The van der Waals surface area contributed by atoms with Gasteiger partial charge in [-0.15, -0.1) is 0 Å². The van der Waals surface area contributed by atoms with Crippen LogP contribution in [0.3, 0.4) is 0 Å². The van der Waals surface area contributed by atoms with Crippen LogP contribution in [0.2, 0.25) is 0 Å². The second-order valence-corrected chi connectivity index (χ2v) is 6.40. The zero-order chi connectivity index (χ0) is 19.9. The average molecular weight is 387 g/mol. The van der Waals surface area contributed by atoms with Gasteiger partial charge in [-0.2, -0.15) is 0 Å². The maximum atomic E-state index is 13.3. The van der Waals surface area contributed by atoms with Crippen molar-refractivity contribution in [2.75, 3.05) is 37.7 Å². The number of anilines is 1. The van der Waals surface area contributed by atoms with E-state index in [9.17, 15) is 14.3 Å². The van der Waals surface area contributed by atoms with E-state index in [1.165, 1.54) is 24.5 Å². The van der Waals surface area contributed by atoms with Gasteiger partial charge in [0.05, 0.1) is 18.2 Å². The van der Waals surface area contributed by atoms with Crippen LogP contribution in [-0.2, 0) is 0 Å². The molecule has 0 radical (unpaired) electrons. The SMILES string of the molecule is O=C(NO)c1cnc(N2CCN(C(/C=C/c3cccc(F)c3)CO)CC2)nc1. The van der Waals surface area contributed by atoms with E-state index in [2.05, 4.69) is 14.9 Å². The van der Waals surface area contributed by atoms with Gasteiger partial charge in [-0.3, -0.25) is 14.9 Å². The molecule has 28 heavy (non-hydrogen) atoms. The first-order valence-electron chi connectivity index (χ1n) is 8.91. The van der Waals surface area contributed by atoms with Gasteiger partial charge in [0.2, 0.25) is 5.95 Å². The van der Waals surface area contributed by atoms with Gasteiger partial charge in [0.25, 0.3) is 5.91 Å². The van der Waals surface area contributed by atoms with Crippen LogP contribution in [0, 0.1) is 5.82 Å². The zero-order valence-corrected chi connectivity index (χ0v) is 15.2. The minimum Gasteiger partial charge on any atom is -0.394 e. The Labute approximate surface area is 161 Å². The fraction of sp³-hybridized carbons (Fsp3) is 0.316. The Bertz CT molecular complexity index is 823. The first-order chi connectivity index (χ1) is 13.6. The molecule has 1 aromatic heterocycles. The number of benzene rings is 1. The van der Waals surface area contributed by atoms with Crippen molar-refractivity contribution < 1.29 is 19.5 Å². The highest BCUT2D eigenvalue weighted by atomic mass is 19.1. The van der Waals surface area contributed by atoms with Gasteiger partial charge >= 0.3 is 0 Å². The molecule has 3 rings (SSSR count). The summed E-state index contributed by atoms with van der Waals surface area (Å²) >= 11 is 0. The molecule has 0 aliphatic carbocycles. The predicted molar refractivity (Wildman–Crippen MR) is 101 cm³/mol. The van der Waals surface area contributed by atoms with Crippen molar-refractivity contribution in [2.45, 2.75) is 6.04 Å². The molecule has 1 unspecified atom stereocenters. The maximum Gasteiger partial charge on any atom is 0.277 e. The smallest absolute Gasteiger partial charge is 0.277 e. The number of carbonyl (C=O) groups is 1. The van der Waals surface area contributed by atoms with Gasteiger partial charge in [-0.1, -0.05) is 24.3 Å². The van der Waals surface area contributed by atoms with Crippen molar-refractivity contribution in [1.29, 1.82) is 0 Å². The molecule has 9 heteroatoms. The Kier molecular flexibility index (Phi) is 6.64. The molecule has 148 valence electrons. The summed E-state index contributed by atoms with van der Waals surface area (Å²) in [6.45, 7) is 2.68. The molecule has 1 aliphatic heterocycles. The maximum absolute atomic E-state index is 13.3. The standard InChI is InChI=1S/C19H22FN5O3/c20-16-3-1-2-14(10-16)4-5-17(13-26)24-6-8-25(9-7-24)19-21-11-15(12-22-19)18(27)23-28/h1-5,10-12,17,26,28H,6-9,13H2,(H,23,27)/b5-4+. The Hall–Kier alpha value is -2.88. The number of amides is 1. The lowest BCUT2D eigenvalue weighted by molar-refractivity contribution is 0.0705. The average Bonchev–Trinajstić information content (AvgIpc) is 2.74. The third kappa shape index (κ3) is 4.89. The second kappa shape index (κ2) is 9.36. The summed E-state index contributed by atoms with van der Waals surface area (Å²) in [4.78, 5) is 23.8. The van der Waals surface area contributed by atoms with Crippen LogP contribution in [0.4, 0.5) is 10.3 Å². The molecule has 3 N–H and O–H groups in total. The highest BCUT2D eigenvalue weighted by Crippen LogP contribution is 2.14. The molecular formula is C19H22FN5O3. The molecule has 1 fully saturated rings. The van der Waals surface area contributed by atoms with E-state index < -0.39 is 5.91 Å². The van der Waals surface area contributed by atoms with Crippen molar-refractivity contribution >= 4 is 17.9 Å². The van der Waals surface area contributed by atoms with E-state index in [0.717, 1.165) is 5.56 Å². The number of hydrogen-bond acceptors (Lipinski definition) is 7. The van der Waals surface area contributed by atoms with Crippen LogP contribution in [-0.4, -0.2) is 69.9 Å². The number of hydroxylamine groups is 1. The van der Waals surface area contributed by atoms with Crippen LogP contribution in [0.15, 0.2) is 42.7 Å². The number of halogens is 1. The number of piperazine rings is 1. The van der Waals surface area contributed by atoms with E-state index in [1.54, 1.807) is 11.5 Å². The van der Waals surface area contributed by atoms with Crippen LogP contribution in [0.5, 0.6) is 0 Å². The molecule has 0 bridgehead atoms. The monoisotopic (exact) mass is 387 g/mol. The van der Waals surface area contributed by atoms with Crippen molar-refractivity contribution in [3.05, 3.63) is 59.7 Å². The van der Waals surface area contributed by atoms with Crippen molar-refractivity contribution in [3.63, 3.8) is 0 Å². The summed E-state index contributed by atoms with van der Waals surface area (Å²) in [5.74, 6) is -0.448. The molecule has 8 nitrogen and oxygen atoms in total. The Morgan fingerprint density at radius 3 is 2.57 bits per heavy atom. The lowest BCUT2D eigenvalue weighted by Crippen LogP contribution is -2.51. The van der Waals surface area contributed by atoms with Gasteiger partial charge in [0.15, 0.2) is 0 Å². The highest BCUT2D eigenvalue weighted by molar-refractivity contribution is 5.92. The third-order valence-corrected chi connectivity index (χ3v) is 4.61. The molecule has 2 aromatic rings. The molecular weight excluding hydrogens is 365 g/mol. The van der Waals surface area contributed by atoms with Crippen molar-refractivity contribution in [2.24, 2.45) is 0 Å². The Balaban J connectivity index is 1.58. The fourth-order valence-corrected chi connectivity index (χ4v) is 3.05. The fourth-order valence-electron chi connectivity index (χ4n) is 3.05. The first kappa shape index (κ1) is 19.9. The predicted octanol–water partition coefficient (Wildman–Crippen LogP) is 0.931. The van der Waals surface area contributed by atoms with Gasteiger partial charge < -0.3 is 10.0 Å². The van der Waals surface area contributed by atoms with E-state index in [4.69, 9.17) is 5.21 Å². The van der Waals surface area contributed by atoms with Gasteiger partial charge in [-0.05, 0) is 17.7 Å².